The highest BCUT2D eigenvalue weighted by Gasteiger charge is 2.52. The molecule has 1 aliphatic rings. The first-order chi connectivity index (χ1) is 14.9. The molecule has 2 aromatic carbocycles. The van der Waals surface area contributed by atoms with E-state index in [0.717, 1.165) is 16.9 Å². The minimum absolute atomic E-state index is 0.305. The van der Waals surface area contributed by atoms with Gasteiger partial charge in [0.15, 0.2) is 0 Å². The molecule has 2 aromatic rings. The van der Waals surface area contributed by atoms with E-state index in [1.54, 1.807) is 4.90 Å². The van der Waals surface area contributed by atoms with E-state index in [-0.39, 0.29) is 12.5 Å². The summed E-state index contributed by atoms with van der Waals surface area (Å²) in [5.41, 5.74) is 0.211. The van der Waals surface area contributed by atoms with E-state index >= 15 is 0 Å². The highest BCUT2D eigenvalue weighted by Crippen LogP contribution is 2.34. The van der Waals surface area contributed by atoms with Gasteiger partial charge in [-0.1, -0.05) is 62.2 Å². The van der Waals surface area contributed by atoms with Crippen LogP contribution in [-0.2, 0) is 21.7 Å². The summed E-state index contributed by atoms with van der Waals surface area (Å²) in [4.78, 5) is 41.7. The van der Waals surface area contributed by atoms with Crippen molar-refractivity contribution in [1.29, 1.82) is 0 Å². The Bertz CT molecular complexity index is 933. The van der Waals surface area contributed by atoms with Crippen LogP contribution >= 0.6 is 0 Å². The number of likely N-dealkylation sites (N-methyl/N-ethyl adjacent to an activating group) is 1. The predicted octanol–water partition coefficient (Wildman–Crippen LogP) is 3.81. The summed E-state index contributed by atoms with van der Waals surface area (Å²) >= 11 is 0. The Kier molecular flexibility index (Phi) is 7.05. The van der Waals surface area contributed by atoms with Crippen LogP contribution in [-0.4, -0.2) is 40.7 Å². The summed E-state index contributed by atoms with van der Waals surface area (Å²) < 4.78 is 13.4. The topological polar surface area (TPSA) is 69.7 Å². The Hall–Kier alpha value is -3.22. The Morgan fingerprint density at radius 2 is 1.74 bits per heavy atom. The van der Waals surface area contributed by atoms with E-state index in [2.05, 4.69) is 5.32 Å². The van der Waals surface area contributed by atoms with Gasteiger partial charge in [-0.05, 0) is 36.6 Å². The van der Waals surface area contributed by atoms with Crippen LogP contribution in [0.25, 0.3) is 0 Å². The normalized spacial score (nSPS) is 18.2. The number of unbranched alkanes of at least 4 members (excludes halogenated alkanes) is 1. The quantitative estimate of drug-likeness (QED) is 0.621. The fourth-order valence-corrected chi connectivity index (χ4v) is 3.87. The van der Waals surface area contributed by atoms with Crippen LogP contribution in [0.3, 0.4) is 0 Å². The van der Waals surface area contributed by atoms with Gasteiger partial charge in [0.2, 0.25) is 5.91 Å². The van der Waals surface area contributed by atoms with Gasteiger partial charge in [-0.3, -0.25) is 14.5 Å². The first kappa shape index (κ1) is 22.5. The molecule has 0 saturated carbocycles. The van der Waals surface area contributed by atoms with Crippen molar-refractivity contribution >= 4 is 17.8 Å². The van der Waals surface area contributed by atoms with E-state index < -0.39 is 23.3 Å². The average Bonchev–Trinajstić information content (AvgIpc) is 3.02. The highest BCUT2D eigenvalue weighted by atomic mass is 19.1. The molecule has 1 atom stereocenters. The lowest BCUT2D eigenvalue weighted by molar-refractivity contribution is -0.139. The maximum Gasteiger partial charge on any atom is 0.325 e. The zero-order chi connectivity index (χ0) is 22.4. The molecule has 31 heavy (non-hydrogen) atoms. The van der Waals surface area contributed by atoms with E-state index in [9.17, 15) is 18.8 Å². The lowest BCUT2D eigenvalue weighted by atomic mass is 9.85. The van der Waals surface area contributed by atoms with Gasteiger partial charge in [0.05, 0.1) is 0 Å². The average molecular weight is 426 g/mol. The van der Waals surface area contributed by atoms with Crippen LogP contribution in [0.15, 0.2) is 54.6 Å². The van der Waals surface area contributed by atoms with Crippen LogP contribution in [0.1, 0.15) is 44.2 Å². The summed E-state index contributed by atoms with van der Waals surface area (Å²) in [6.07, 6.45) is 1.90. The molecule has 1 N–H and O–H groups in total. The molecular formula is C24H28FN3O3. The molecule has 164 valence electrons. The second-order valence-electron chi connectivity index (χ2n) is 7.73. The number of benzene rings is 2. The molecule has 4 amide bonds. The van der Waals surface area contributed by atoms with Crippen LogP contribution in [0.5, 0.6) is 0 Å². The third-order valence-corrected chi connectivity index (χ3v) is 5.66. The fraction of sp³-hybridized carbons (Fsp3) is 0.375. The molecule has 0 aromatic heterocycles. The second kappa shape index (κ2) is 9.73. The van der Waals surface area contributed by atoms with Crippen molar-refractivity contribution in [3.63, 3.8) is 0 Å². The Balaban J connectivity index is 1.81. The Morgan fingerprint density at radius 3 is 2.35 bits per heavy atom. The summed E-state index contributed by atoms with van der Waals surface area (Å²) in [7, 11) is 0. The van der Waals surface area contributed by atoms with Crippen LogP contribution in [0.2, 0.25) is 0 Å². The number of hydrogen-bond donors (Lipinski definition) is 1. The monoisotopic (exact) mass is 425 g/mol. The number of halogens is 1. The number of nitrogens with one attached hydrogen (secondary N) is 1. The van der Waals surface area contributed by atoms with Crippen molar-refractivity contribution < 1.29 is 18.8 Å². The molecule has 0 unspecified atom stereocenters. The van der Waals surface area contributed by atoms with Crippen molar-refractivity contribution in [2.45, 2.75) is 45.2 Å². The molecule has 1 aliphatic heterocycles. The predicted molar refractivity (Wildman–Crippen MR) is 115 cm³/mol. The van der Waals surface area contributed by atoms with Crippen LogP contribution in [0.4, 0.5) is 9.18 Å². The first-order valence-electron chi connectivity index (χ1n) is 10.6. The molecule has 1 saturated heterocycles. The van der Waals surface area contributed by atoms with E-state index in [0.29, 0.717) is 31.5 Å². The minimum atomic E-state index is -1.28. The maximum atomic E-state index is 13.4. The Morgan fingerprint density at radius 1 is 1.06 bits per heavy atom. The fourth-order valence-electron chi connectivity index (χ4n) is 3.87. The summed E-state index contributed by atoms with van der Waals surface area (Å²) in [5.74, 6) is -1.19. The van der Waals surface area contributed by atoms with Gasteiger partial charge in [-0.2, -0.15) is 0 Å². The number of rotatable bonds is 9. The van der Waals surface area contributed by atoms with Crippen molar-refractivity contribution in [1.82, 2.24) is 15.1 Å². The second-order valence-corrected chi connectivity index (χ2v) is 7.73. The molecule has 3 rings (SSSR count). The van der Waals surface area contributed by atoms with Crippen molar-refractivity contribution in [3.05, 3.63) is 71.5 Å². The van der Waals surface area contributed by atoms with E-state index in [1.807, 2.05) is 44.2 Å². The summed E-state index contributed by atoms with van der Waals surface area (Å²) in [6, 6.07) is 14.5. The first-order valence-corrected chi connectivity index (χ1v) is 10.6. The number of urea groups is 1. The zero-order valence-electron chi connectivity index (χ0n) is 17.9. The van der Waals surface area contributed by atoms with E-state index in [1.165, 1.54) is 24.3 Å². The SMILES string of the molecule is CCCC[C@@]1(c2ccc(F)cc2)NC(=O)N(CC(=O)N(CC)Cc2ccccc2)C1=O. The largest absolute Gasteiger partial charge is 0.337 e. The molecule has 1 heterocycles. The third kappa shape index (κ3) is 4.76. The number of hydrogen-bond acceptors (Lipinski definition) is 3. The highest BCUT2D eigenvalue weighted by molar-refractivity contribution is 6.09. The number of carbonyl (C=O) groups excluding carboxylic acids is 3. The van der Waals surface area contributed by atoms with E-state index in [4.69, 9.17) is 0 Å². The van der Waals surface area contributed by atoms with Gasteiger partial charge in [-0.25, -0.2) is 9.18 Å². The molecule has 6 nitrogen and oxygen atoms in total. The number of nitrogens with zero attached hydrogens (tertiary/aromatic N) is 2. The minimum Gasteiger partial charge on any atom is -0.337 e. The van der Waals surface area contributed by atoms with Crippen molar-refractivity contribution in [2.24, 2.45) is 0 Å². The van der Waals surface area contributed by atoms with Gasteiger partial charge < -0.3 is 10.2 Å². The molecule has 0 radical (unpaired) electrons. The smallest absolute Gasteiger partial charge is 0.325 e. The third-order valence-electron chi connectivity index (χ3n) is 5.66. The lowest BCUT2D eigenvalue weighted by Crippen LogP contribution is -2.45. The number of imide groups is 1. The van der Waals surface area contributed by atoms with Crippen molar-refractivity contribution in [2.75, 3.05) is 13.1 Å². The van der Waals surface area contributed by atoms with Crippen LogP contribution in [0, 0.1) is 5.82 Å². The summed E-state index contributed by atoms with van der Waals surface area (Å²) in [6.45, 7) is 4.37. The zero-order valence-corrected chi connectivity index (χ0v) is 17.9. The molecule has 1 fully saturated rings. The van der Waals surface area contributed by atoms with Gasteiger partial charge in [0.25, 0.3) is 5.91 Å². The van der Waals surface area contributed by atoms with Crippen LogP contribution < -0.4 is 5.32 Å². The van der Waals surface area contributed by atoms with Gasteiger partial charge >= 0.3 is 6.03 Å². The summed E-state index contributed by atoms with van der Waals surface area (Å²) in [5, 5.41) is 2.79. The van der Waals surface area contributed by atoms with Gasteiger partial charge in [0, 0.05) is 13.1 Å². The maximum absolute atomic E-state index is 13.4. The molecule has 0 aliphatic carbocycles. The molecule has 0 bridgehead atoms. The molecule has 7 heteroatoms. The number of amides is 4. The van der Waals surface area contributed by atoms with Gasteiger partial charge in [0.1, 0.15) is 17.9 Å². The van der Waals surface area contributed by atoms with Crippen molar-refractivity contribution in [3.8, 4) is 0 Å². The molecular weight excluding hydrogens is 397 g/mol. The van der Waals surface area contributed by atoms with Gasteiger partial charge in [-0.15, -0.1) is 0 Å². The standard InChI is InChI=1S/C24H28FN3O3/c1-3-5-15-24(19-11-13-20(25)14-12-19)22(30)28(23(31)26-24)17-21(29)27(4-2)16-18-9-7-6-8-10-18/h6-14H,3-5,15-17H2,1-2H3,(H,26,31)/t24-/m0/s1. The Labute approximate surface area is 182 Å². The number of carbonyl (C=O) groups is 3. The lowest BCUT2D eigenvalue weighted by Gasteiger charge is -2.28. The molecule has 0 spiro atoms.